The molecule has 0 radical (unpaired) electrons. The molecule has 2 heterocycles. The summed E-state index contributed by atoms with van der Waals surface area (Å²) in [7, 11) is 0. The van der Waals surface area contributed by atoms with Crippen molar-refractivity contribution < 1.29 is 19.1 Å². The molecule has 0 bridgehead atoms. The fraction of sp³-hybridized carbons (Fsp3) is 0.375. The molecule has 0 spiro atoms. The molecule has 1 fully saturated rings. The minimum atomic E-state index is -0.621. The first kappa shape index (κ1) is 17.5. The third-order valence-electron chi connectivity index (χ3n) is 3.66. The summed E-state index contributed by atoms with van der Waals surface area (Å²) in [5, 5.41) is 4.31. The van der Waals surface area contributed by atoms with Crippen molar-refractivity contribution in [2.75, 3.05) is 19.8 Å². The van der Waals surface area contributed by atoms with Crippen LogP contribution < -0.4 is 5.32 Å². The zero-order valence-corrected chi connectivity index (χ0v) is 15.0. The van der Waals surface area contributed by atoms with E-state index in [1.165, 1.54) is 11.3 Å². The summed E-state index contributed by atoms with van der Waals surface area (Å²) in [4.78, 5) is 24.2. The molecule has 1 N–H and O–H groups in total. The van der Waals surface area contributed by atoms with E-state index in [0.29, 0.717) is 16.6 Å². The molecule has 2 aromatic rings. The number of esters is 1. The lowest BCUT2D eigenvalue weighted by molar-refractivity contribution is -0.124. The first-order chi connectivity index (χ1) is 11.5. The Balaban J connectivity index is 1.56. The number of rotatable bonds is 5. The van der Waals surface area contributed by atoms with E-state index in [0.717, 1.165) is 29.5 Å². The van der Waals surface area contributed by atoms with Crippen LogP contribution in [0.1, 0.15) is 22.5 Å². The maximum atomic E-state index is 12.2. The van der Waals surface area contributed by atoms with Gasteiger partial charge >= 0.3 is 5.97 Å². The van der Waals surface area contributed by atoms with Gasteiger partial charge in [0, 0.05) is 28.3 Å². The summed E-state index contributed by atoms with van der Waals surface area (Å²) >= 11 is 13.3. The summed E-state index contributed by atoms with van der Waals surface area (Å²) in [6, 6.07) is 5.19. The maximum Gasteiger partial charge on any atom is 0.350 e. The first-order valence-corrected chi connectivity index (χ1v) is 9.05. The van der Waals surface area contributed by atoms with Crippen molar-refractivity contribution in [3.63, 3.8) is 0 Å². The predicted molar refractivity (Wildman–Crippen MR) is 94.1 cm³/mol. The molecule has 1 saturated heterocycles. The highest BCUT2D eigenvalue weighted by Crippen LogP contribution is 2.37. The number of fused-ring (bicyclic) bond motifs is 1. The molecular formula is C16H15Cl2NO4S. The smallest absolute Gasteiger partial charge is 0.350 e. The third-order valence-corrected chi connectivity index (χ3v) is 5.53. The van der Waals surface area contributed by atoms with Crippen molar-refractivity contribution >= 4 is 56.5 Å². The Hall–Kier alpha value is -1.34. The zero-order chi connectivity index (χ0) is 17.1. The van der Waals surface area contributed by atoms with Crippen molar-refractivity contribution in [1.82, 2.24) is 5.32 Å². The third kappa shape index (κ3) is 4.00. The number of carbonyl (C=O) groups excluding carboxylic acids is 2. The van der Waals surface area contributed by atoms with E-state index in [4.69, 9.17) is 32.7 Å². The van der Waals surface area contributed by atoms with Gasteiger partial charge in [0.1, 0.15) is 4.88 Å². The van der Waals surface area contributed by atoms with Crippen molar-refractivity contribution in [2.45, 2.75) is 18.9 Å². The molecule has 1 aromatic heterocycles. The predicted octanol–water partition coefficient (Wildman–Crippen LogP) is 3.66. The lowest BCUT2D eigenvalue weighted by atomic mass is 10.2. The van der Waals surface area contributed by atoms with E-state index in [2.05, 4.69) is 5.32 Å². The summed E-state index contributed by atoms with van der Waals surface area (Å²) in [6.07, 6.45) is 1.98. The molecule has 1 amide bonds. The Bertz CT molecular complexity index is 771. The highest BCUT2D eigenvalue weighted by Gasteiger charge is 2.20. The van der Waals surface area contributed by atoms with Crippen LogP contribution in [0.4, 0.5) is 0 Å². The van der Waals surface area contributed by atoms with Gasteiger partial charge in [0.2, 0.25) is 0 Å². The molecule has 1 atom stereocenters. The number of thiophene rings is 1. The molecular weight excluding hydrogens is 373 g/mol. The van der Waals surface area contributed by atoms with Crippen molar-refractivity contribution in [2.24, 2.45) is 0 Å². The quantitative estimate of drug-likeness (QED) is 0.794. The van der Waals surface area contributed by atoms with Crippen molar-refractivity contribution in [3.05, 3.63) is 33.1 Å². The second kappa shape index (κ2) is 7.70. The Kier molecular flexibility index (Phi) is 5.61. The van der Waals surface area contributed by atoms with Gasteiger partial charge in [-0.25, -0.2) is 4.79 Å². The van der Waals surface area contributed by atoms with Crippen LogP contribution in [-0.2, 0) is 14.3 Å². The fourth-order valence-electron chi connectivity index (χ4n) is 2.45. The Morgan fingerprint density at radius 1 is 1.38 bits per heavy atom. The molecule has 8 heteroatoms. The number of carbonyl (C=O) groups is 2. The van der Waals surface area contributed by atoms with Gasteiger partial charge in [0.25, 0.3) is 5.91 Å². The van der Waals surface area contributed by atoms with Crippen LogP contribution in [0.15, 0.2) is 18.2 Å². The topological polar surface area (TPSA) is 64.6 Å². The van der Waals surface area contributed by atoms with Crippen LogP contribution in [0.25, 0.3) is 10.1 Å². The number of ether oxygens (including phenoxy) is 2. The molecule has 1 aliphatic heterocycles. The average Bonchev–Trinajstić information content (AvgIpc) is 3.18. The largest absolute Gasteiger partial charge is 0.451 e. The number of benzene rings is 1. The monoisotopic (exact) mass is 387 g/mol. The SMILES string of the molecule is O=C(COC(=O)c1sc2cc(Cl)ccc2c1Cl)NC[C@@H]1CCCO1. The second-order valence-corrected chi connectivity index (χ2v) is 7.27. The minimum Gasteiger partial charge on any atom is -0.451 e. The van der Waals surface area contributed by atoms with Gasteiger partial charge in [-0.1, -0.05) is 29.3 Å². The molecule has 5 nitrogen and oxygen atoms in total. The maximum absolute atomic E-state index is 12.2. The number of hydrogen-bond acceptors (Lipinski definition) is 5. The molecule has 1 aliphatic rings. The fourth-order valence-corrected chi connectivity index (χ4v) is 4.13. The van der Waals surface area contributed by atoms with Gasteiger partial charge in [-0.3, -0.25) is 4.79 Å². The van der Waals surface area contributed by atoms with Crippen LogP contribution in [0.5, 0.6) is 0 Å². The lowest BCUT2D eigenvalue weighted by Gasteiger charge is -2.10. The van der Waals surface area contributed by atoms with Crippen molar-refractivity contribution in [1.29, 1.82) is 0 Å². The minimum absolute atomic E-state index is 0.0476. The average molecular weight is 388 g/mol. The normalized spacial score (nSPS) is 17.2. The Morgan fingerprint density at radius 2 is 2.21 bits per heavy atom. The van der Waals surface area contributed by atoms with Crippen LogP contribution >= 0.6 is 34.5 Å². The van der Waals surface area contributed by atoms with Gasteiger partial charge in [-0.05, 0) is 25.0 Å². The number of amides is 1. The second-order valence-electron chi connectivity index (χ2n) is 5.40. The molecule has 3 rings (SSSR count). The first-order valence-electron chi connectivity index (χ1n) is 7.47. The van der Waals surface area contributed by atoms with Crippen LogP contribution in [0.3, 0.4) is 0 Å². The highest BCUT2D eigenvalue weighted by molar-refractivity contribution is 7.21. The van der Waals surface area contributed by atoms with Gasteiger partial charge in [0.05, 0.1) is 11.1 Å². The lowest BCUT2D eigenvalue weighted by Crippen LogP contribution is -2.34. The van der Waals surface area contributed by atoms with E-state index in [1.54, 1.807) is 18.2 Å². The van der Waals surface area contributed by atoms with Crippen molar-refractivity contribution in [3.8, 4) is 0 Å². The number of nitrogens with one attached hydrogen (secondary N) is 1. The van der Waals surface area contributed by atoms with E-state index in [9.17, 15) is 9.59 Å². The molecule has 24 heavy (non-hydrogen) atoms. The van der Waals surface area contributed by atoms with E-state index in [1.807, 2.05) is 0 Å². The van der Waals surface area contributed by atoms with E-state index < -0.39 is 5.97 Å². The summed E-state index contributed by atoms with van der Waals surface area (Å²) in [6.45, 7) is 0.805. The van der Waals surface area contributed by atoms with Gasteiger partial charge in [-0.2, -0.15) is 0 Å². The molecule has 0 unspecified atom stereocenters. The van der Waals surface area contributed by atoms with E-state index in [-0.39, 0.29) is 23.5 Å². The summed E-state index contributed by atoms with van der Waals surface area (Å²) < 4.78 is 11.2. The van der Waals surface area contributed by atoms with Gasteiger partial charge < -0.3 is 14.8 Å². The van der Waals surface area contributed by atoms with Gasteiger partial charge in [-0.15, -0.1) is 11.3 Å². The zero-order valence-electron chi connectivity index (χ0n) is 12.6. The van der Waals surface area contributed by atoms with Crippen LogP contribution in [-0.4, -0.2) is 37.7 Å². The number of halogens is 2. The standard InChI is InChI=1S/C16H15Cl2NO4S/c17-9-3-4-11-12(6-9)24-15(14(11)18)16(21)23-8-13(20)19-7-10-2-1-5-22-10/h3-4,6,10H,1-2,5,7-8H2,(H,19,20)/t10-/m0/s1. The Morgan fingerprint density at radius 3 is 2.96 bits per heavy atom. The molecule has 128 valence electrons. The Labute approximate surface area is 152 Å². The van der Waals surface area contributed by atoms with E-state index >= 15 is 0 Å². The van der Waals surface area contributed by atoms with Crippen LogP contribution in [0.2, 0.25) is 10.0 Å². The van der Waals surface area contributed by atoms with Crippen LogP contribution in [0, 0.1) is 0 Å². The van der Waals surface area contributed by atoms with Gasteiger partial charge in [0.15, 0.2) is 6.61 Å². The molecule has 0 saturated carbocycles. The number of hydrogen-bond donors (Lipinski definition) is 1. The molecule has 1 aromatic carbocycles. The highest BCUT2D eigenvalue weighted by atomic mass is 35.5. The molecule has 0 aliphatic carbocycles. The summed E-state index contributed by atoms with van der Waals surface area (Å²) in [5.74, 6) is -0.983. The summed E-state index contributed by atoms with van der Waals surface area (Å²) in [5.41, 5.74) is 0.